The van der Waals surface area contributed by atoms with Crippen LogP contribution in [0.25, 0.3) is 6.08 Å². The first-order valence-electron chi connectivity index (χ1n) is 11.6. The van der Waals surface area contributed by atoms with E-state index in [2.05, 4.69) is 27.6 Å². The maximum atomic E-state index is 14.0. The van der Waals surface area contributed by atoms with Gasteiger partial charge in [0.1, 0.15) is 12.4 Å². The molecular weight excluding hydrogens is 622 g/mol. The van der Waals surface area contributed by atoms with E-state index in [1.807, 2.05) is 13.0 Å². The molecule has 1 amide bonds. The molecule has 38 heavy (non-hydrogen) atoms. The molecule has 3 aromatic rings. The number of carbonyl (C=O) groups is 2. The van der Waals surface area contributed by atoms with Gasteiger partial charge < -0.3 is 14.2 Å². The zero-order valence-corrected chi connectivity index (χ0v) is 23.8. The number of thioether (sulfide) groups is 1. The highest BCUT2D eigenvalue weighted by atomic mass is 127. The number of hydrogen-bond donors (Lipinski definition) is 0. The highest BCUT2D eigenvalue weighted by Crippen LogP contribution is 2.38. The predicted molar refractivity (Wildman–Crippen MR) is 154 cm³/mol. The molecule has 0 saturated carbocycles. The Morgan fingerprint density at radius 3 is 2.55 bits per heavy atom. The number of benzene rings is 3. The van der Waals surface area contributed by atoms with Crippen LogP contribution in [-0.2, 0) is 16.1 Å². The van der Waals surface area contributed by atoms with Crippen LogP contribution in [0.15, 0.2) is 70.6 Å². The van der Waals surface area contributed by atoms with Crippen LogP contribution in [0.2, 0.25) is 0 Å². The van der Waals surface area contributed by atoms with Crippen molar-refractivity contribution in [1.29, 1.82) is 0 Å². The van der Waals surface area contributed by atoms with Crippen molar-refractivity contribution in [3.63, 3.8) is 0 Å². The Morgan fingerprint density at radius 1 is 1.13 bits per heavy atom. The van der Waals surface area contributed by atoms with E-state index in [1.54, 1.807) is 61.7 Å². The van der Waals surface area contributed by atoms with Gasteiger partial charge in [0, 0.05) is 12.6 Å². The second kappa shape index (κ2) is 12.4. The van der Waals surface area contributed by atoms with Crippen molar-refractivity contribution in [1.82, 2.24) is 4.90 Å². The molecule has 1 aliphatic heterocycles. The first-order valence-corrected chi connectivity index (χ1v) is 13.5. The summed E-state index contributed by atoms with van der Waals surface area (Å²) in [7, 11) is 2.98. The number of aliphatic imine (C=N–C) groups is 1. The van der Waals surface area contributed by atoms with E-state index in [4.69, 9.17) is 14.2 Å². The largest absolute Gasteiger partial charge is 0.490 e. The molecule has 4 rings (SSSR count). The van der Waals surface area contributed by atoms with Crippen molar-refractivity contribution in [2.45, 2.75) is 13.5 Å². The minimum absolute atomic E-state index is 0.0583. The van der Waals surface area contributed by atoms with Crippen LogP contribution in [0.1, 0.15) is 28.4 Å². The minimum Gasteiger partial charge on any atom is -0.490 e. The van der Waals surface area contributed by atoms with Gasteiger partial charge in [-0.2, -0.15) is 0 Å². The van der Waals surface area contributed by atoms with E-state index >= 15 is 0 Å². The highest BCUT2D eigenvalue weighted by Gasteiger charge is 2.30. The molecule has 0 spiro atoms. The quantitative estimate of drug-likeness (QED) is 0.160. The summed E-state index contributed by atoms with van der Waals surface area (Å²) in [6.45, 7) is 2.33. The maximum Gasteiger partial charge on any atom is 0.337 e. The molecule has 1 aliphatic rings. The number of amidine groups is 1. The molecule has 0 atom stereocenters. The second-order valence-corrected chi connectivity index (χ2v) is 10.2. The Balaban J connectivity index is 1.57. The summed E-state index contributed by atoms with van der Waals surface area (Å²) in [5, 5.41) is 0.511. The van der Waals surface area contributed by atoms with Crippen molar-refractivity contribution >= 4 is 63.2 Å². The standard InChI is InChI=1S/C28H24FIN2O5S/c1-4-36-23-14-17(13-22(30)25(23)37-16-19-7-5-6-8-21(19)29)15-24-26(33)32(2)28(38-24)31-20-11-9-18(10-12-20)27(34)35-3/h5-15H,4,16H2,1-3H3/b24-15-,31-28?. The molecule has 0 aromatic heterocycles. The summed E-state index contributed by atoms with van der Waals surface area (Å²) in [6, 6.07) is 16.8. The average molecular weight is 646 g/mol. The van der Waals surface area contributed by atoms with Gasteiger partial charge in [-0.25, -0.2) is 14.2 Å². The smallest absolute Gasteiger partial charge is 0.337 e. The number of nitrogens with zero attached hydrogens (tertiary/aromatic N) is 2. The fraction of sp³-hybridized carbons (Fsp3) is 0.179. The van der Waals surface area contributed by atoms with E-state index in [-0.39, 0.29) is 18.3 Å². The van der Waals surface area contributed by atoms with E-state index in [9.17, 15) is 14.0 Å². The molecule has 196 valence electrons. The number of likely N-dealkylation sites (N-methyl/N-ethyl adjacent to an activating group) is 1. The van der Waals surface area contributed by atoms with Crippen molar-refractivity contribution in [2.75, 3.05) is 20.8 Å². The first-order chi connectivity index (χ1) is 18.3. The lowest BCUT2D eigenvalue weighted by Gasteiger charge is -2.15. The van der Waals surface area contributed by atoms with Gasteiger partial charge in [0.25, 0.3) is 5.91 Å². The molecule has 1 heterocycles. The number of esters is 1. The summed E-state index contributed by atoms with van der Waals surface area (Å²) >= 11 is 3.39. The molecule has 0 unspecified atom stereocenters. The normalized spacial score (nSPS) is 15.3. The van der Waals surface area contributed by atoms with Crippen molar-refractivity contribution in [2.24, 2.45) is 4.99 Å². The van der Waals surface area contributed by atoms with E-state index in [1.165, 1.54) is 29.8 Å². The summed E-state index contributed by atoms with van der Waals surface area (Å²) < 4.78 is 31.3. The predicted octanol–water partition coefficient (Wildman–Crippen LogP) is 6.43. The number of carbonyl (C=O) groups excluding carboxylic acids is 2. The van der Waals surface area contributed by atoms with Gasteiger partial charge in [-0.1, -0.05) is 18.2 Å². The van der Waals surface area contributed by atoms with Crippen LogP contribution >= 0.6 is 34.4 Å². The zero-order chi connectivity index (χ0) is 27.2. The van der Waals surface area contributed by atoms with Gasteiger partial charge in [-0.3, -0.25) is 9.69 Å². The summed E-state index contributed by atoms with van der Waals surface area (Å²) in [4.78, 5) is 31.1. The van der Waals surface area contributed by atoms with Crippen molar-refractivity contribution in [3.05, 3.63) is 91.6 Å². The minimum atomic E-state index is -0.429. The molecule has 1 fully saturated rings. The van der Waals surface area contributed by atoms with Gasteiger partial charge in [0.05, 0.1) is 33.4 Å². The van der Waals surface area contributed by atoms with Crippen LogP contribution < -0.4 is 9.47 Å². The van der Waals surface area contributed by atoms with Gasteiger partial charge in [-0.15, -0.1) is 0 Å². The molecule has 10 heteroatoms. The third kappa shape index (κ3) is 6.36. The lowest BCUT2D eigenvalue weighted by molar-refractivity contribution is -0.121. The Bertz CT molecular complexity index is 1430. The molecule has 0 N–H and O–H groups in total. The van der Waals surface area contributed by atoms with Crippen molar-refractivity contribution < 1.29 is 28.2 Å². The van der Waals surface area contributed by atoms with Gasteiger partial charge in [0.15, 0.2) is 16.7 Å². The number of amides is 1. The van der Waals surface area contributed by atoms with Crippen LogP contribution in [-0.4, -0.2) is 42.7 Å². The average Bonchev–Trinajstić information content (AvgIpc) is 3.16. The molecular formula is C28H24FIN2O5S. The lowest BCUT2D eigenvalue weighted by Crippen LogP contribution is -2.23. The van der Waals surface area contributed by atoms with Crippen LogP contribution in [0.3, 0.4) is 0 Å². The topological polar surface area (TPSA) is 77.4 Å². The maximum absolute atomic E-state index is 14.0. The Morgan fingerprint density at radius 2 is 1.87 bits per heavy atom. The van der Waals surface area contributed by atoms with Gasteiger partial charge in [0.2, 0.25) is 0 Å². The number of halogens is 2. The molecule has 0 bridgehead atoms. The van der Waals surface area contributed by atoms with Crippen LogP contribution in [0.5, 0.6) is 11.5 Å². The molecule has 0 radical (unpaired) electrons. The zero-order valence-electron chi connectivity index (χ0n) is 20.9. The highest BCUT2D eigenvalue weighted by molar-refractivity contribution is 14.1. The molecule has 3 aromatic carbocycles. The van der Waals surface area contributed by atoms with Crippen LogP contribution in [0.4, 0.5) is 10.1 Å². The van der Waals surface area contributed by atoms with E-state index < -0.39 is 5.97 Å². The van der Waals surface area contributed by atoms with Gasteiger partial charge >= 0.3 is 5.97 Å². The summed E-state index contributed by atoms with van der Waals surface area (Å²) in [6.07, 6.45) is 1.78. The third-order valence-electron chi connectivity index (χ3n) is 5.48. The summed E-state index contributed by atoms with van der Waals surface area (Å²) in [5.41, 5.74) is 2.22. The first kappa shape index (κ1) is 27.6. The fourth-order valence-electron chi connectivity index (χ4n) is 3.54. The Labute approximate surface area is 237 Å². The number of ether oxygens (including phenoxy) is 3. The number of rotatable bonds is 8. The molecule has 7 nitrogen and oxygen atoms in total. The van der Waals surface area contributed by atoms with Crippen molar-refractivity contribution in [3.8, 4) is 11.5 Å². The number of methoxy groups -OCH3 is 1. The fourth-order valence-corrected chi connectivity index (χ4v) is 5.31. The monoisotopic (exact) mass is 646 g/mol. The Hall–Kier alpha value is -3.38. The lowest BCUT2D eigenvalue weighted by atomic mass is 10.1. The van der Waals surface area contributed by atoms with E-state index in [0.717, 1.165) is 9.13 Å². The van der Waals surface area contributed by atoms with Gasteiger partial charge in [-0.05, 0) is 95.4 Å². The number of hydrogen-bond acceptors (Lipinski definition) is 7. The molecule has 1 saturated heterocycles. The molecule has 0 aliphatic carbocycles. The Kier molecular flexibility index (Phi) is 9.05. The van der Waals surface area contributed by atoms with Crippen LogP contribution in [0, 0.1) is 9.39 Å². The summed E-state index contributed by atoms with van der Waals surface area (Å²) in [5.74, 6) is 0.0676. The third-order valence-corrected chi connectivity index (χ3v) is 7.34. The van der Waals surface area contributed by atoms with E-state index in [0.29, 0.717) is 45.0 Å². The second-order valence-electron chi connectivity index (χ2n) is 8.05. The SMILES string of the molecule is CCOc1cc(/C=C2\SC(=Nc3ccc(C(=O)OC)cc3)N(C)C2=O)cc(I)c1OCc1ccccc1F.